The van der Waals surface area contributed by atoms with Crippen molar-refractivity contribution in [2.75, 3.05) is 31.6 Å². The Bertz CT molecular complexity index is 1390. The van der Waals surface area contributed by atoms with Gasteiger partial charge in [0.1, 0.15) is 18.4 Å². The van der Waals surface area contributed by atoms with E-state index >= 15 is 0 Å². The van der Waals surface area contributed by atoms with E-state index in [9.17, 15) is 18.0 Å². The van der Waals surface area contributed by atoms with Crippen molar-refractivity contribution in [1.29, 1.82) is 0 Å². The second kappa shape index (κ2) is 14.1. The molecule has 3 aliphatic rings. The van der Waals surface area contributed by atoms with Crippen LogP contribution in [0.3, 0.4) is 0 Å². The van der Waals surface area contributed by atoms with Gasteiger partial charge in [-0.3, -0.25) is 14.5 Å². The van der Waals surface area contributed by atoms with Crippen LogP contribution in [-0.4, -0.2) is 58.5 Å². The van der Waals surface area contributed by atoms with E-state index < -0.39 is 11.7 Å². The first-order valence-corrected chi connectivity index (χ1v) is 14.4. The number of para-hydroxylation sites is 1. The van der Waals surface area contributed by atoms with E-state index in [1.807, 2.05) is 24.7 Å². The number of halogens is 3. The molecule has 0 radical (unpaired) electrons. The third-order valence-corrected chi connectivity index (χ3v) is 7.99. The fourth-order valence-electron chi connectivity index (χ4n) is 5.89. The van der Waals surface area contributed by atoms with Gasteiger partial charge in [0, 0.05) is 50.4 Å². The molecular formula is C32H39F3N6O2. The molecule has 0 unspecified atom stereocenters. The standard InChI is InChI=1S/C21H22F3N3O.C8H13N3.C3H4O/c1-25-9-15-11-26(12-15)10-14-7-17-18(19(8-14)21(22,23)24)13-27(20(17)28)16-5-3-2-4-6-16;1-6-3-7(4-6)8-10-9-5-11(8)2;1-2-3-4/h2-8,15,25H,9-13H2,1H3;5-7H,3-4H2,1-2H3;2-3H,1H2. The minimum atomic E-state index is -4.49. The van der Waals surface area contributed by atoms with Crippen molar-refractivity contribution >= 4 is 17.9 Å². The zero-order chi connectivity index (χ0) is 31.1. The van der Waals surface area contributed by atoms with Gasteiger partial charge in [-0.15, -0.1) is 10.2 Å². The maximum absolute atomic E-state index is 13.7. The zero-order valence-electron chi connectivity index (χ0n) is 24.8. The number of nitrogens with zero attached hydrogens (tertiary/aromatic N) is 5. The Hall–Kier alpha value is -3.83. The SMILES string of the molecule is C=CC=O.CC1CC(c2nncn2C)C1.CNCC1CN(Cc2cc3c(c(C(F)(F)F)c2)CN(c2ccccc2)C3=O)C1. The molecule has 1 aliphatic carbocycles. The number of anilines is 1. The van der Waals surface area contributed by atoms with Crippen LogP contribution in [0, 0.1) is 11.8 Å². The maximum Gasteiger partial charge on any atom is 0.416 e. The molecular weight excluding hydrogens is 557 g/mol. The van der Waals surface area contributed by atoms with Gasteiger partial charge in [0.25, 0.3) is 5.91 Å². The number of carbonyl (C=O) groups excluding carboxylic acids is 2. The number of amides is 1. The fraction of sp³-hybridized carbons (Fsp3) is 0.438. The molecule has 2 fully saturated rings. The number of hydrogen-bond acceptors (Lipinski definition) is 6. The Balaban J connectivity index is 0.000000232. The lowest BCUT2D eigenvalue weighted by Gasteiger charge is -2.39. The van der Waals surface area contributed by atoms with Crippen molar-refractivity contribution in [2.45, 2.75) is 44.9 Å². The third-order valence-electron chi connectivity index (χ3n) is 7.99. The molecule has 43 heavy (non-hydrogen) atoms. The normalized spacial score (nSPS) is 19.7. The Kier molecular flexibility index (Phi) is 10.5. The van der Waals surface area contributed by atoms with E-state index in [0.717, 1.165) is 31.4 Å². The lowest BCUT2D eigenvalue weighted by molar-refractivity contribution is -0.138. The van der Waals surface area contributed by atoms with Crippen LogP contribution in [0.1, 0.15) is 58.6 Å². The molecule has 1 aromatic heterocycles. The molecule has 0 bridgehead atoms. The molecule has 11 heteroatoms. The van der Waals surface area contributed by atoms with Crippen LogP contribution in [0.5, 0.6) is 0 Å². The first kappa shape index (κ1) is 32.1. The van der Waals surface area contributed by atoms with Crippen molar-refractivity contribution in [3.8, 4) is 0 Å². The molecule has 6 rings (SSSR count). The smallest absolute Gasteiger partial charge is 0.320 e. The van der Waals surface area contributed by atoms with Crippen molar-refractivity contribution in [1.82, 2.24) is 25.0 Å². The van der Waals surface area contributed by atoms with Crippen LogP contribution < -0.4 is 10.2 Å². The Morgan fingerprint density at radius 3 is 2.35 bits per heavy atom. The van der Waals surface area contributed by atoms with E-state index in [2.05, 4.69) is 33.9 Å². The number of fused-ring (bicyclic) bond motifs is 1. The summed E-state index contributed by atoms with van der Waals surface area (Å²) in [7, 11) is 3.90. The molecule has 2 aliphatic heterocycles. The Morgan fingerprint density at radius 2 is 1.81 bits per heavy atom. The highest BCUT2D eigenvalue weighted by molar-refractivity contribution is 6.10. The number of benzene rings is 2. The van der Waals surface area contributed by atoms with Crippen LogP contribution in [-0.2, 0) is 31.1 Å². The van der Waals surface area contributed by atoms with Gasteiger partial charge >= 0.3 is 6.18 Å². The summed E-state index contributed by atoms with van der Waals surface area (Å²) in [6, 6.07) is 11.7. The quantitative estimate of drug-likeness (QED) is 0.298. The molecule has 1 N–H and O–H groups in total. The van der Waals surface area contributed by atoms with E-state index in [-0.39, 0.29) is 23.6 Å². The topological polar surface area (TPSA) is 83.4 Å². The van der Waals surface area contributed by atoms with Gasteiger partial charge in [0.05, 0.1) is 12.1 Å². The van der Waals surface area contributed by atoms with E-state index in [4.69, 9.17) is 4.79 Å². The van der Waals surface area contributed by atoms with E-state index in [1.54, 1.807) is 36.7 Å². The highest BCUT2D eigenvalue weighted by atomic mass is 19.4. The van der Waals surface area contributed by atoms with Crippen molar-refractivity contribution < 1.29 is 22.8 Å². The van der Waals surface area contributed by atoms with Crippen LogP contribution in [0.25, 0.3) is 0 Å². The summed E-state index contributed by atoms with van der Waals surface area (Å²) in [5, 5.41) is 11.1. The van der Waals surface area contributed by atoms with E-state index in [1.165, 1.54) is 29.9 Å². The summed E-state index contributed by atoms with van der Waals surface area (Å²) in [6.45, 7) is 8.37. The predicted octanol–water partition coefficient (Wildman–Crippen LogP) is 5.22. The number of nitrogens with one attached hydrogen (secondary N) is 1. The average molecular weight is 597 g/mol. The first-order chi connectivity index (χ1) is 20.5. The van der Waals surface area contributed by atoms with Gasteiger partial charge in [-0.1, -0.05) is 31.7 Å². The van der Waals surface area contributed by atoms with Gasteiger partial charge < -0.3 is 14.8 Å². The van der Waals surface area contributed by atoms with Crippen LogP contribution in [0.15, 0.2) is 61.4 Å². The largest absolute Gasteiger partial charge is 0.416 e. The number of carbonyl (C=O) groups is 2. The van der Waals surface area contributed by atoms with E-state index in [0.29, 0.717) is 35.9 Å². The summed E-state index contributed by atoms with van der Waals surface area (Å²) < 4.78 is 43.2. The Labute approximate surface area is 250 Å². The second-order valence-corrected chi connectivity index (χ2v) is 11.5. The van der Waals surface area contributed by atoms with Gasteiger partial charge in [-0.2, -0.15) is 13.2 Å². The average Bonchev–Trinajstić information content (AvgIpc) is 3.52. The number of likely N-dealkylation sites (tertiary alicyclic amines) is 1. The summed E-state index contributed by atoms with van der Waals surface area (Å²) >= 11 is 0. The van der Waals surface area contributed by atoms with Crippen LogP contribution >= 0.6 is 0 Å². The summed E-state index contributed by atoms with van der Waals surface area (Å²) in [4.78, 5) is 25.4. The number of rotatable bonds is 7. The number of aldehydes is 1. The highest BCUT2D eigenvalue weighted by Gasteiger charge is 2.41. The summed E-state index contributed by atoms with van der Waals surface area (Å²) in [6.07, 6.45) is 1.69. The van der Waals surface area contributed by atoms with Crippen molar-refractivity contribution in [3.63, 3.8) is 0 Å². The molecule has 230 valence electrons. The third kappa shape index (κ3) is 7.77. The summed E-state index contributed by atoms with van der Waals surface area (Å²) in [5.74, 6) is 2.87. The Morgan fingerprint density at radius 1 is 1.14 bits per heavy atom. The number of alkyl halides is 3. The lowest BCUT2D eigenvalue weighted by Crippen LogP contribution is -2.49. The molecule has 1 saturated carbocycles. The van der Waals surface area contributed by atoms with Crippen LogP contribution in [0.4, 0.5) is 18.9 Å². The lowest BCUT2D eigenvalue weighted by atomic mass is 9.76. The van der Waals surface area contributed by atoms with Crippen molar-refractivity contribution in [3.05, 3.63) is 89.5 Å². The highest BCUT2D eigenvalue weighted by Crippen LogP contribution is 2.41. The molecule has 1 saturated heterocycles. The molecule has 2 aromatic carbocycles. The maximum atomic E-state index is 13.7. The van der Waals surface area contributed by atoms with Gasteiger partial charge in [0.15, 0.2) is 0 Å². The molecule has 8 nitrogen and oxygen atoms in total. The minimum Gasteiger partial charge on any atom is -0.320 e. The first-order valence-electron chi connectivity index (χ1n) is 14.4. The number of aromatic nitrogens is 3. The molecule has 3 aromatic rings. The zero-order valence-corrected chi connectivity index (χ0v) is 24.8. The molecule has 3 heterocycles. The second-order valence-electron chi connectivity index (χ2n) is 11.5. The van der Waals surface area contributed by atoms with Crippen LogP contribution in [0.2, 0.25) is 0 Å². The monoisotopic (exact) mass is 596 g/mol. The minimum absolute atomic E-state index is 0.0543. The molecule has 1 amide bonds. The number of allylic oxidation sites excluding steroid dienone is 1. The van der Waals surface area contributed by atoms with Gasteiger partial charge in [-0.05, 0) is 73.2 Å². The fourth-order valence-corrected chi connectivity index (χ4v) is 5.89. The summed E-state index contributed by atoms with van der Waals surface area (Å²) in [5.41, 5.74) is 0.690. The number of aryl methyl sites for hydroxylation is 1. The molecule has 0 spiro atoms. The van der Waals surface area contributed by atoms with Crippen molar-refractivity contribution in [2.24, 2.45) is 18.9 Å². The molecule has 0 atom stereocenters. The predicted molar refractivity (Wildman–Crippen MR) is 159 cm³/mol. The van der Waals surface area contributed by atoms with Gasteiger partial charge in [0.2, 0.25) is 0 Å². The van der Waals surface area contributed by atoms with Gasteiger partial charge in [-0.25, -0.2) is 0 Å². The number of hydrogen-bond donors (Lipinski definition) is 1.